The van der Waals surface area contributed by atoms with Gasteiger partial charge >= 0.3 is 0 Å². The van der Waals surface area contributed by atoms with Crippen LogP contribution in [0.4, 0.5) is 0 Å². The van der Waals surface area contributed by atoms with Gasteiger partial charge in [-0.3, -0.25) is 0 Å². The molecule has 0 aliphatic heterocycles. The Morgan fingerprint density at radius 1 is 1.44 bits per heavy atom. The molecule has 0 bridgehead atoms. The largest absolute Gasteiger partial charge is 0.373 e. The number of nitrogens with one attached hydrogen (secondary N) is 1. The van der Waals surface area contributed by atoms with Crippen LogP contribution in [0.3, 0.4) is 0 Å². The van der Waals surface area contributed by atoms with Gasteiger partial charge in [0.25, 0.3) is 0 Å². The Hall–Kier alpha value is -0.940. The van der Waals surface area contributed by atoms with Gasteiger partial charge in [-0.2, -0.15) is 4.98 Å². The summed E-state index contributed by atoms with van der Waals surface area (Å²) in [5.74, 6) is 2.51. The molecule has 5 nitrogen and oxygen atoms in total. The average Bonchev–Trinajstić information content (AvgIpc) is 3.06. The van der Waals surface area contributed by atoms with Crippen LogP contribution in [0.1, 0.15) is 44.5 Å². The van der Waals surface area contributed by atoms with Gasteiger partial charge in [-0.15, -0.1) is 0 Å². The van der Waals surface area contributed by atoms with E-state index in [-0.39, 0.29) is 6.10 Å². The zero-order valence-corrected chi connectivity index (χ0v) is 11.6. The molecule has 1 aliphatic rings. The molecule has 2 rings (SSSR count). The molecule has 1 aromatic heterocycles. The highest BCUT2D eigenvalue weighted by Crippen LogP contribution is 2.41. The molecule has 1 saturated carbocycles. The van der Waals surface area contributed by atoms with E-state index in [1.807, 2.05) is 7.05 Å². The highest BCUT2D eigenvalue weighted by Gasteiger charge is 2.35. The minimum atomic E-state index is 0.00888. The van der Waals surface area contributed by atoms with Crippen molar-refractivity contribution in [3.05, 3.63) is 11.7 Å². The van der Waals surface area contributed by atoms with Crippen molar-refractivity contribution in [1.82, 2.24) is 15.5 Å². The van der Waals surface area contributed by atoms with Crippen molar-refractivity contribution in [2.24, 2.45) is 11.8 Å². The SMILES string of the molecule is CNC(Cc1nc(C(OC)C2CC2)no1)C(C)C. The number of rotatable bonds is 7. The second kappa shape index (κ2) is 5.80. The molecule has 1 aromatic rings. The molecule has 0 spiro atoms. The van der Waals surface area contributed by atoms with Gasteiger partial charge in [0.2, 0.25) is 11.7 Å². The van der Waals surface area contributed by atoms with E-state index in [0.29, 0.717) is 29.6 Å². The average molecular weight is 253 g/mol. The lowest BCUT2D eigenvalue weighted by molar-refractivity contribution is 0.0751. The van der Waals surface area contributed by atoms with Crippen molar-refractivity contribution in [1.29, 1.82) is 0 Å². The molecule has 102 valence electrons. The van der Waals surface area contributed by atoms with Crippen LogP contribution in [-0.4, -0.2) is 30.3 Å². The van der Waals surface area contributed by atoms with E-state index in [1.54, 1.807) is 7.11 Å². The summed E-state index contributed by atoms with van der Waals surface area (Å²) < 4.78 is 10.8. The van der Waals surface area contributed by atoms with E-state index < -0.39 is 0 Å². The summed E-state index contributed by atoms with van der Waals surface area (Å²) in [4.78, 5) is 4.47. The van der Waals surface area contributed by atoms with Crippen LogP contribution < -0.4 is 5.32 Å². The van der Waals surface area contributed by atoms with Crippen LogP contribution in [0.15, 0.2) is 4.52 Å². The lowest BCUT2D eigenvalue weighted by Crippen LogP contribution is -2.32. The Kier molecular flexibility index (Phi) is 4.35. The molecular formula is C13H23N3O2. The first kappa shape index (κ1) is 13.5. The van der Waals surface area contributed by atoms with Gasteiger partial charge in [0.15, 0.2) is 0 Å². The predicted molar refractivity (Wildman–Crippen MR) is 68.2 cm³/mol. The molecule has 18 heavy (non-hydrogen) atoms. The Morgan fingerprint density at radius 3 is 2.67 bits per heavy atom. The normalized spacial score (nSPS) is 19.2. The predicted octanol–water partition coefficient (Wildman–Crippen LogP) is 1.95. The maximum atomic E-state index is 5.45. The van der Waals surface area contributed by atoms with Crippen molar-refractivity contribution >= 4 is 0 Å². The summed E-state index contributed by atoms with van der Waals surface area (Å²) in [5, 5.41) is 7.33. The summed E-state index contributed by atoms with van der Waals surface area (Å²) in [7, 11) is 3.67. The van der Waals surface area contributed by atoms with Crippen LogP contribution in [0, 0.1) is 11.8 Å². The van der Waals surface area contributed by atoms with Crippen molar-refractivity contribution in [3.8, 4) is 0 Å². The third kappa shape index (κ3) is 3.09. The zero-order valence-electron chi connectivity index (χ0n) is 11.6. The van der Waals surface area contributed by atoms with Gasteiger partial charge in [-0.05, 0) is 31.7 Å². The van der Waals surface area contributed by atoms with Crippen molar-refractivity contribution in [2.45, 2.75) is 45.3 Å². The van der Waals surface area contributed by atoms with Gasteiger partial charge in [-0.25, -0.2) is 0 Å². The fraction of sp³-hybridized carbons (Fsp3) is 0.846. The molecule has 1 fully saturated rings. The molecule has 1 N–H and O–H groups in total. The maximum absolute atomic E-state index is 5.45. The Labute approximate surface area is 108 Å². The summed E-state index contributed by atoms with van der Waals surface area (Å²) in [6.07, 6.45) is 3.18. The van der Waals surface area contributed by atoms with Crippen molar-refractivity contribution in [2.75, 3.05) is 14.2 Å². The molecule has 2 unspecified atom stereocenters. The highest BCUT2D eigenvalue weighted by molar-refractivity contribution is 4.99. The van der Waals surface area contributed by atoms with Gasteiger partial charge < -0.3 is 14.6 Å². The second-order valence-electron chi connectivity index (χ2n) is 5.38. The van der Waals surface area contributed by atoms with Gasteiger partial charge in [0.1, 0.15) is 6.10 Å². The van der Waals surface area contributed by atoms with Crippen LogP contribution in [0.2, 0.25) is 0 Å². The lowest BCUT2D eigenvalue weighted by Gasteiger charge is -2.17. The van der Waals surface area contributed by atoms with Crippen molar-refractivity contribution in [3.63, 3.8) is 0 Å². The number of hydrogen-bond donors (Lipinski definition) is 1. The fourth-order valence-corrected chi connectivity index (χ4v) is 2.23. The quantitative estimate of drug-likeness (QED) is 0.805. The third-order valence-electron chi connectivity index (χ3n) is 3.61. The highest BCUT2D eigenvalue weighted by atomic mass is 16.5. The molecule has 0 radical (unpaired) electrons. The minimum absolute atomic E-state index is 0.00888. The Morgan fingerprint density at radius 2 is 2.17 bits per heavy atom. The maximum Gasteiger partial charge on any atom is 0.228 e. The van der Waals surface area contributed by atoms with Crippen LogP contribution in [0.5, 0.6) is 0 Å². The third-order valence-corrected chi connectivity index (χ3v) is 3.61. The fourth-order valence-electron chi connectivity index (χ4n) is 2.23. The topological polar surface area (TPSA) is 60.2 Å². The summed E-state index contributed by atoms with van der Waals surface area (Å²) in [6, 6.07) is 0.361. The van der Waals surface area contributed by atoms with Crippen LogP contribution in [-0.2, 0) is 11.2 Å². The summed E-state index contributed by atoms with van der Waals surface area (Å²) in [5.41, 5.74) is 0. The van der Waals surface area contributed by atoms with Gasteiger partial charge in [0, 0.05) is 19.6 Å². The first-order chi connectivity index (χ1) is 8.65. The number of methoxy groups -OCH3 is 1. The molecule has 0 aromatic carbocycles. The first-order valence-corrected chi connectivity index (χ1v) is 6.68. The Bertz CT molecular complexity index is 374. The molecule has 1 aliphatic carbocycles. The summed E-state index contributed by atoms with van der Waals surface area (Å²) in [6.45, 7) is 4.36. The van der Waals surface area contributed by atoms with Crippen molar-refractivity contribution < 1.29 is 9.26 Å². The van der Waals surface area contributed by atoms with Crippen LogP contribution in [0.25, 0.3) is 0 Å². The number of ether oxygens (including phenoxy) is 1. The van der Waals surface area contributed by atoms with E-state index >= 15 is 0 Å². The van der Waals surface area contributed by atoms with Crippen LogP contribution >= 0.6 is 0 Å². The van der Waals surface area contributed by atoms with E-state index in [2.05, 4.69) is 29.3 Å². The Balaban J connectivity index is 2.00. The van der Waals surface area contributed by atoms with E-state index in [1.165, 1.54) is 12.8 Å². The first-order valence-electron chi connectivity index (χ1n) is 6.68. The van der Waals surface area contributed by atoms with E-state index in [4.69, 9.17) is 9.26 Å². The number of aromatic nitrogens is 2. The van der Waals surface area contributed by atoms with E-state index in [0.717, 1.165) is 6.42 Å². The zero-order chi connectivity index (χ0) is 13.1. The monoisotopic (exact) mass is 253 g/mol. The number of nitrogens with zero attached hydrogens (tertiary/aromatic N) is 2. The molecular weight excluding hydrogens is 230 g/mol. The molecule has 1 heterocycles. The van der Waals surface area contributed by atoms with Gasteiger partial charge in [0.05, 0.1) is 0 Å². The number of hydrogen-bond acceptors (Lipinski definition) is 5. The smallest absolute Gasteiger partial charge is 0.228 e. The lowest BCUT2D eigenvalue weighted by atomic mass is 10.0. The molecule has 5 heteroatoms. The second-order valence-corrected chi connectivity index (χ2v) is 5.38. The molecule has 2 atom stereocenters. The van der Waals surface area contributed by atoms with Gasteiger partial charge in [-0.1, -0.05) is 19.0 Å². The molecule has 0 amide bonds. The van der Waals surface area contributed by atoms with E-state index in [9.17, 15) is 0 Å². The minimum Gasteiger partial charge on any atom is -0.373 e. The summed E-state index contributed by atoms with van der Waals surface area (Å²) >= 11 is 0. The molecule has 0 saturated heterocycles. The standard InChI is InChI=1S/C13H23N3O2/c1-8(2)10(14-3)7-11-15-13(16-18-11)12(17-4)9-5-6-9/h8-10,12,14H,5-7H2,1-4H3. The number of likely N-dealkylation sites (N-methyl/N-ethyl adjacent to an activating group) is 1.